The summed E-state index contributed by atoms with van der Waals surface area (Å²) in [5.41, 5.74) is 2.36. The van der Waals surface area contributed by atoms with E-state index < -0.39 is 0 Å². The van der Waals surface area contributed by atoms with Crippen molar-refractivity contribution in [3.8, 4) is 0 Å². The Bertz CT molecular complexity index is 988. The lowest BCUT2D eigenvalue weighted by atomic mass is 10.2. The predicted octanol–water partition coefficient (Wildman–Crippen LogP) is 0.605. The molecular formula is C19H21N4O2S+. The molecule has 0 spiro atoms. The van der Waals surface area contributed by atoms with Crippen molar-refractivity contribution in [2.24, 2.45) is 0 Å². The number of quaternary nitrogens is 1. The van der Waals surface area contributed by atoms with Gasteiger partial charge in [0, 0.05) is 11.8 Å². The summed E-state index contributed by atoms with van der Waals surface area (Å²) in [4.78, 5) is 33.5. The maximum atomic E-state index is 12.4. The van der Waals surface area contributed by atoms with Gasteiger partial charge in [0.05, 0.1) is 31.1 Å². The first-order valence-electron chi connectivity index (χ1n) is 8.76. The Morgan fingerprint density at radius 3 is 2.77 bits per heavy atom. The third-order valence-corrected chi connectivity index (χ3v) is 5.71. The summed E-state index contributed by atoms with van der Waals surface area (Å²) >= 11 is 1.49. The van der Waals surface area contributed by atoms with Crippen LogP contribution in [-0.2, 0) is 6.54 Å². The molecule has 0 aliphatic carbocycles. The predicted molar refractivity (Wildman–Crippen MR) is 101 cm³/mol. The molecule has 0 bridgehead atoms. The highest BCUT2D eigenvalue weighted by Crippen LogP contribution is 2.12. The molecule has 0 aromatic carbocycles. The number of nitrogens with zero attached hydrogens (tertiary/aromatic N) is 3. The molecule has 7 heteroatoms. The fourth-order valence-corrected chi connectivity index (χ4v) is 4.16. The largest absolute Gasteiger partial charge is 0.327 e. The topological polar surface area (TPSA) is 59.1 Å². The third-order valence-electron chi connectivity index (χ3n) is 4.85. The number of thiophene rings is 1. The summed E-state index contributed by atoms with van der Waals surface area (Å²) in [7, 11) is 0. The molecule has 1 aliphatic heterocycles. The Morgan fingerprint density at radius 2 is 2.04 bits per heavy atom. The van der Waals surface area contributed by atoms with Crippen LogP contribution in [0.1, 0.15) is 21.1 Å². The van der Waals surface area contributed by atoms with E-state index in [1.54, 1.807) is 10.5 Å². The normalized spacial score (nSPS) is 15.5. The number of aromatic nitrogens is 2. The van der Waals surface area contributed by atoms with Crippen molar-refractivity contribution in [1.82, 2.24) is 14.3 Å². The van der Waals surface area contributed by atoms with Crippen LogP contribution in [0.4, 0.5) is 0 Å². The van der Waals surface area contributed by atoms with Gasteiger partial charge in [-0.1, -0.05) is 12.1 Å². The Hall–Kier alpha value is -2.51. The molecule has 3 aromatic heterocycles. The number of nitrogens with one attached hydrogen (secondary N) is 1. The zero-order valence-corrected chi connectivity index (χ0v) is 15.5. The van der Waals surface area contributed by atoms with Gasteiger partial charge in [0.25, 0.3) is 11.5 Å². The number of carbonyl (C=O) groups excluding carboxylic acids is 1. The quantitative estimate of drug-likeness (QED) is 0.736. The Morgan fingerprint density at radius 1 is 1.23 bits per heavy atom. The van der Waals surface area contributed by atoms with Crippen molar-refractivity contribution in [3.05, 3.63) is 68.4 Å². The first kappa shape index (κ1) is 16.9. The number of amides is 1. The minimum absolute atomic E-state index is 0.0333. The first-order valence-corrected chi connectivity index (χ1v) is 9.64. The average molecular weight is 369 g/mol. The van der Waals surface area contributed by atoms with Crippen LogP contribution >= 0.6 is 11.3 Å². The number of fused-ring (bicyclic) bond motifs is 1. The number of pyridine rings is 1. The van der Waals surface area contributed by atoms with E-state index in [-0.39, 0.29) is 11.5 Å². The molecule has 0 unspecified atom stereocenters. The number of carbonyl (C=O) groups is 1. The lowest BCUT2D eigenvalue weighted by molar-refractivity contribution is -0.917. The maximum absolute atomic E-state index is 12.4. The van der Waals surface area contributed by atoms with Crippen LogP contribution in [0.5, 0.6) is 0 Å². The van der Waals surface area contributed by atoms with Crippen molar-refractivity contribution in [1.29, 1.82) is 0 Å². The van der Waals surface area contributed by atoms with Gasteiger partial charge in [-0.25, -0.2) is 4.98 Å². The first-order chi connectivity index (χ1) is 12.6. The molecular weight excluding hydrogens is 348 g/mol. The van der Waals surface area contributed by atoms with E-state index in [0.29, 0.717) is 12.2 Å². The van der Waals surface area contributed by atoms with E-state index in [4.69, 9.17) is 0 Å². The highest BCUT2D eigenvalue weighted by molar-refractivity contribution is 7.12. The SMILES string of the molecule is Cc1cccc2nc(C[NH+]3CCN(C(=O)c4cccs4)CC3)cc(=O)n12. The number of hydrogen-bond donors (Lipinski definition) is 1. The van der Waals surface area contributed by atoms with Gasteiger partial charge >= 0.3 is 0 Å². The number of rotatable bonds is 3. The van der Waals surface area contributed by atoms with Crippen LogP contribution < -0.4 is 10.5 Å². The number of hydrogen-bond acceptors (Lipinski definition) is 4. The number of piperazine rings is 1. The monoisotopic (exact) mass is 369 g/mol. The fraction of sp³-hybridized carbons (Fsp3) is 0.316. The van der Waals surface area contributed by atoms with Crippen LogP contribution in [-0.4, -0.2) is 46.4 Å². The van der Waals surface area contributed by atoms with Crippen molar-refractivity contribution in [2.45, 2.75) is 13.5 Å². The molecule has 4 heterocycles. The van der Waals surface area contributed by atoms with Gasteiger partial charge in [-0.15, -0.1) is 11.3 Å². The Balaban J connectivity index is 1.44. The van der Waals surface area contributed by atoms with Crippen LogP contribution in [0.25, 0.3) is 5.65 Å². The Labute approximate surface area is 155 Å². The van der Waals surface area contributed by atoms with Crippen LogP contribution in [0.3, 0.4) is 0 Å². The van der Waals surface area contributed by atoms with Crippen molar-refractivity contribution in [2.75, 3.05) is 26.2 Å². The molecule has 0 radical (unpaired) electrons. The van der Waals surface area contributed by atoms with Gasteiger partial charge in [-0.2, -0.15) is 0 Å². The fourth-order valence-electron chi connectivity index (χ4n) is 3.47. The number of aryl methyl sites for hydroxylation is 1. The summed E-state index contributed by atoms with van der Waals surface area (Å²) in [6.07, 6.45) is 0. The molecule has 4 rings (SSSR count). The summed E-state index contributed by atoms with van der Waals surface area (Å²) in [6.45, 7) is 5.82. The Kier molecular flexibility index (Phi) is 4.57. The second kappa shape index (κ2) is 7.01. The van der Waals surface area contributed by atoms with Crippen molar-refractivity contribution >= 4 is 22.9 Å². The average Bonchev–Trinajstić information content (AvgIpc) is 3.16. The molecule has 3 aromatic rings. The molecule has 6 nitrogen and oxygen atoms in total. The molecule has 1 amide bonds. The maximum Gasteiger partial charge on any atom is 0.264 e. The molecule has 1 N–H and O–H groups in total. The van der Waals surface area contributed by atoms with E-state index in [2.05, 4.69) is 4.98 Å². The smallest absolute Gasteiger partial charge is 0.264 e. The van der Waals surface area contributed by atoms with Crippen molar-refractivity contribution < 1.29 is 9.69 Å². The van der Waals surface area contributed by atoms with E-state index in [1.165, 1.54) is 16.2 Å². The van der Waals surface area contributed by atoms with Crippen LogP contribution in [0.15, 0.2) is 46.6 Å². The molecule has 0 saturated carbocycles. The molecule has 1 saturated heterocycles. The van der Waals surface area contributed by atoms with Gasteiger partial charge in [0.2, 0.25) is 0 Å². The molecule has 134 valence electrons. The molecule has 26 heavy (non-hydrogen) atoms. The lowest BCUT2D eigenvalue weighted by Gasteiger charge is -2.31. The lowest BCUT2D eigenvalue weighted by Crippen LogP contribution is -3.13. The standard InChI is InChI=1S/C19H20N4O2S/c1-14-4-2-6-17-20-15(12-18(24)23(14)17)13-21-7-9-22(10-8-21)19(25)16-5-3-11-26-16/h2-6,11-12H,7-10,13H2,1H3/p+1. The van der Waals surface area contributed by atoms with Gasteiger partial charge in [-0.3, -0.25) is 14.0 Å². The van der Waals surface area contributed by atoms with E-state index in [9.17, 15) is 9.59 Å². The van der Waals surface area contributed by atoms with Gasteiger partial charge < -0.3 is 9.80 Å². The van der Waals surface area contributed by atoms with Gasteiger partial charge in [-0.05, 0) is 30.5 Å². The van der Waals surface area contributed by atoms with Crippen LogP contribution in [0, 0.1) is 6.92 Å². The second-order valence-electron chi connectivity index (χ2n) is 6.64. The minimum Gasteiger partial charge on any atom is -0.327 e. The van der Waals surface area contributed by atoms with E-state index >= 15 is 0 Å². The zero-order valence-electron chi connectivity index (χ0n) is 14.6. The highest BCUT2D eigenvalue weighted by atomic mass is 32.1. The highest BCUT2D eigenvalue weighted by Gasteiger charge is 2.25. The van der Waals surface area contributed by atoms with Crippen LogP contribution in [0.2, 0.25) is 0 Å². The van der Waals surface area contributed by atoms with E-state index in [1.807, 2.05) is 47.5 Å². The summed E-state index contributed by atoms with van der Waals surface area (Å²) in [5.74, 6) is 0.122. The summed E-state index contributed by atoms with van der Waals surface area (Å²) in [6, 6.07) is 11.1. The zero-order chi connectivity index (χ0) is 18.1. The second-order valence-corrected chi connectivity index (χ2v) is 7.59. The minimum atomic E-state index is -0.0333. The summed E-state index contributed by atoms with van der Waals surface area (Å²) in [5, 5.41) is 1.93. The van der Waals surface area contributed by atoms with Gasteiger partial charge in [0.15, 0.2) is 0 Å². The molecule has 0 atom stereocenters. The van der Waals surface area contributed by atoms with Gasteiger partial charge in [0.1, 0.15) is 17.9 Å². The molecule has 1 aliphatic rings. The summed E-state index contributed by atoms with van der Waals surface area (Å²) < 4.78 is 1.64. The van der Waals surface area contributed by atoms with E-state index in [0.717, 1.165) is 42.4 Å². The molecule has 1 fully saturated rings. The van der Waals surface area contributed by atoms with Crippen molar-refractivity contribution in [3.63, 3.8) is 0 Å². The third kappa shape index (κ3) is 3.27.